The molecule has 2 aliphatic heterocycles. The van der Waals surface area contributed by atoms with Crippen molar-refractivity contribution in [3.63, 3.8) is 0 Å². The Labute approximate surface area is 178 Å². The van der Waals surface area contributed by atoms with E-state index < -0.39 is 37.7 Å². The van der Waals surface area contributed by atoms with E-state index in [-0.39, 0.29) is 11.5 Å². The highest BCUT2D eigenvalue weighted by Gasteiger charge is 2.23. The zero-order chi connectivity index (χ0) is 28.5. The number of phenolic OH excluding ortho intramolecular Hbond substituents is 1. The highest BCUT2D eigenvalue weighted by Crippen LogP contribution is 2.26. The molecule has 0 bridgehead atoms. The van der Waals surface area contributed by atoms with Gasteiger partial charge in [-0.3, -0.25) is 0 Å². The summed E-state index contributed by atoms with van der Waals surface area (Å²) >= 11 is 5.04. The van der Waals surface area contributed by atoms with Crippen molar-refractivity contribution in [1.29, 1.82) is 0 Å². The van der Waals surface area contributed by atoms with E-state index >= 15 is 0 Å². The van der Waals surface area contributed by atoms with Gasteiger partial charge in [0.1, 0.15) is 12.6 Å². The third kappa shape index (κ3) is 8.39. The highest BCUT2D eigenvalue weighted by atomic mass is 35.5. The first kappa shape index (κ1) is 11.0. The largest absolute Gasteiger partial charge is 0.504 e. The molecule has 2 atom stereocenters. The molecule has 7 heteroatoms. The third-order valence-electron chi connectivity index (χ3n) is 2.90. The van der Waals surface area contributed by atoms with Gasteiger partial charge < -0.3 is 28.8 Å². The van der Waals surface area contributed by atoms with E-state index in [1.807, 2.05) is 0 Å². The average molecular weight is 407 g/mol. The summed E-state index contributed by atoms with van der Waals surface area (Å²) in [6.07, 6.45) is -4.61. The maximum atomic E-state index is 8.99. The molecular weight excluding hydrogens is 372 g/mol. The predicted molar refractivity (Wildman–Crippen MR) is 103 cm³/mol. The summed E-state index contributed by atoms with van der Waals surface area (Å²) in [7, 11) is 2.93. The molecule has 0 amide bonds. The molecule has 2 fully saturated rings. The topological polar surface area (TPSA) is 73.0 Å². The van der Waals surface area contributed by atoms with Crippen LogP contribution in [0, 0.1) is 0 Å². The molecule has 148 valence electrons. The molecule has 27 heavy (non-hydrogen) atoms. The van der Waals surface area contributed by atoms with E-state index in [1.54, 1.807) is 42.5 Å². The van der Waals surface area contributed by atoms with Gasteiger partial charge in [-0.05, 0) is 24.3 Å². The van der Waals surface area contributed by atoms with Crippen LogP contribution in [0.5, 0.6) is 23.0 Å². The first-order valence-electron chi connectivity index (χ1n) is 12.5. The van der Waals surface area contributed by atoms with Gasteiger partial charge in [-0.1, -0.05) is 24.3 Å². The molecular formula is C20H25ClO6. The number of phenols is 1. The maximum absolute atomic E-state index is 8.99. The number of epoxide rings is 2. The quantitative estimate of drug-likeness (QED) is 0.584. The molecule has 6 nitrogen and oxygen atoms in total. The number of para-hydroxylation sites is 4. The van der Waals surface area contributed by atoms with Gasteiger partial charge in [-0.25, -0.2) is 0 Å². The van der Waals surface area contributed by atoms with Gasteiger partial charge >= 0.3 is 0 Å². The molecule has 0 aliphatic carbocycles. The SMILES string of the molecule is COc1ccccc1O.[2H]C([2H])(Cl)C1([2H])OC1([2H])[2H].[2H]C([2H])(Oc1ccccc1OC)C1([2H])OC1([2H])[2H]. The highest BCUT2D eigenvalue weighted by molar-refractivity contribution is 6.18. The van der Waals surface area contributed by atoms with Gasteiger partial charge in [0.05, 0.1) is 50.2 Å². The lowest BCUT2D eigenvalue weighted by Crippen LogP contribution is -2.04. The lowest BCUT2D eigenvalue weighted by Gasteiger charge is -2.08. The monoisotopic (exact) mass is 406 g/mol. The number of halogens is 1. The molecule has 4 rings (SSSR count). The Balaban J connectivity index is 0.000000214. The fraction of sp³-hybridized carbons (Fsp3) is 0.400. The van der Waals surface area contributed by atoms with Crippen molar-refractivity contribution in [3.8, 4) is 23.0 Å². The molecule has 2 unspecified atom stereocenters. The predicted octanol–water partition coefficient (Wildman–Crippen LogP) is 3.50. The number of rotatable bonds is 6. The number of benzene rings is 2. The second kappa shape index (κ2) is 11.5. The lowest BCUT2D eigenvalue weighted by molar-refractivity contribution is 0.252. The molecule has 0 radical (unpaired) electrons. The normalized spacial score (nSPS) is 34.5. The van der Waals surface area contributed by atoms with Crippen LogP contribution < -0.4 is 14.2 Å². The summed E-state index contributed by atoms with van der Waals surface area (Å²) in [5.74, 6) is -1.40. The van der Waals surface area contributed by atoms with Gasteiger partial charge in [0, 0.05) is 2.74 Å². The Morgan fingerprint density at radius 1 is 1.04 bits per heavy atom. The number of hydrogen-bond acceptors (Lipinski definition) is 6. The smallest absolute Gasteiger partial charge is 0.161 e. The van der Waals surface area contributed by atoms with Crippen molar-refractivity contribution in [3.05, 3.63) is 48.5 Å². The van der Waals surface area contributed by atoms with Crippen LogP contribution in [0.3, 0.4) is 0 Å². The van der Waals surface area contributed by atoms with Crippen LogP contribution in [0.25, 0.3) is 0 Å². The van der Waals surface area contributed by atoms with E-state index in [2.05, 4.69) is 9.47 Å². The second-order valence-corrected chi connectivity index (χ2v) is 4.88. The van der Waals surface area contributed by atoms with Gasteiger partial charge in [0.25, 0.3) is 0 Å². The molecule has 0 aromatic heterocycles. The van der Waals surface area contributed by atoms with Gasteiger partial charge in [0.15, 0.2) is 23.0 Å². The van der Waals surface area contributed by atoms with E-state index in [0.29, 0.717) is 11.5 Å². The van der Waals surface area contributed by atoms with Crippen molar-refractivity contribution < 1.29 is 42.5 Å². The number of hydrogen-bond donors (Lipinski definition) is 1. The molecule has 2 aliphatic rings. The van der Waals surface area contributed by atoms with E-state index in [4.69, 9.17) is 44.6 Å². The van der Waals surface area contributed by atoms with Crippen LogP contribution in [-0.4, -0.2) is 57.0 Å². The number of methoxy groups -OCH3 is 2. The fourth-order valence-electron chi connectivity index (χ4n) is 1.57. The molecule has 2 aromatic carbocycles. The van der Waals surface area contributed by atoms with Crippen LogP contribution in [-0.2, 0) is 9.47 Å². The van der Waals surface area contributed by atoms with Crippen LogP contribution in [0.4, 0.5) is 0 Å². The van der Waals surface area contributed by atoms with Crippen LogP contribution in [0.15, 0.2) is 48.5 Å². The maximum Gasteiger partial charge on any atom is 0.161 e. The fourth-order valence-corrected chi connectivity index (χ4v) is 1.64. The van der Waals surface area contributed by atoms with E-state index in [0.717, 1.165) is 0 Å². The van der Waals surface area contributed by atoms with Gasteiger partial charge in [0.2, 0.25) is 0 Å². The first-order chi connectivity index (χ1) is 16.8. The lowest BCUT2D eigenvalue weighted by atomic mass is 10.3. The molecule has 0 spiro atoms. The third-order valence-corrected chi connectivity index (χ3v) is 3.07. The minimum atomic E-state index is -2.63. The van der Waals surface area contributed by atoms with E-state index in [9.17, 15) is 0 Å². The summed E-state index contributed by atoms with van der Waals surface area (Å²) in [5, 5.41) is 8.99. The zero-order valence-corrected chi connectivity index (χ0v) is 15.2. The number of alkyl halides is 1. The van der Waals surface area contributed by atoms with Crippen molar-refractivity contribution in [1.82, 2.24) is 0 Å². The molecule has 1 N–H and O–H groups in total. The summed E-state index contributed by atoms with van der Waals surface area (Å²) in [4.78, 5) is 0. The summed E-state index contributed by atoms with van der Waals surface area (Å²) in [6.45, 7) is -7.25. The number of ether oxygens (including phenoxy) is 5. The first-order valence-corrected chi connectivity index (χ1v) is 7.89. The van der Waals surface area contributed by atoms with Crippen molar-refractivity contribution in [2.45, 2.75) is 12.2 Å². The minimum absolute atomic E-state index is 0.0860. The van der Waals surface area contributed by atoms with Crippen molar-refractivity contribution in [2.75, 3.05) is 39.7 Å². The van der Waals surface area contributed by atoms with Gasteiger partial charge in [-0.2, -0.15) is 0 Å². The summed E-state index contributed by atoms with van der Waals surface area (Å²) in [5.41, 5.74) is 0. The second-order valence-electron chi connectivity index (χ2n) is 4.69. The number of aromatic hydroxyl groups is 1. The Kier molecular flexibility index (Phi) is 4.70. The average Bonchev–Trinajstić information content (AvgIpc) is 3.55. The zero-order valence-electron chi connectivity index (χ0n) is 24.5. The standard InChI is InChI=1S/C10H12O3.C7H8O2.C3H5ClO/c1-11-9-4-2-3-5-10(9)13-7-8-6-12-8;1-9-7-5-3-2-4-6(7)8;4-1-3-2-5-3/h2-5,8H,6-7H2,1H3;2-5,8H,1H3;3H,1-2H2/i6D2,7D2,8D;;1D2,2D2,3D. The Hall–Kier alpha value is -2.15. The minimum Gasteiger partial charge on any atom is -0.504 e. The van der Waals surface area contributed by atoms with E-state index in [1.165, 1.54) is 20.3 Å². The molecule has 0 saturated carbocycles. The molecule has 2 saturated heterocycles. The van der Waals surface area contributed by atoms with Crippen LogP contribution in [0.1, 0.15) is 13.7 Å². The van der Waals surface area contributed by atoms with Crippen molar-refractivity contribution >= 4 is 11.6 Å². The summed E-state index contributed by atoms with van der Waals surface area (Å²) < 4.78 is 94.9. The van der Waals surface area contributed by atoms with Crippen LogP contribution >= 0.6 is 11.6 Å². The Bertz CT molecular complexity index is 1090. The van der Waals surface area contributed by atoms with Crippen LogP contribution in [0.2, 0.25) is 0 Å². The van der Waals surface area contributed by atoms with Gasteiger partial charge in [-0.15, -0.1) is 11.6 Å². The van der Waals surface area contributed by atoms with Crippen molar-refractivity contribution in [2.24, 2.45) is 0 Å². The molecule has 2 aromatic rings. The molecule has 2 heterocycles. The Morgan fingerprint density at radius 2 is 1.56 bits per heavy atom. The Morgan fingerprint density at radius 3 is 1.96 bits per heavy atom. The summed E-state index contributed by atoms with van der Waals surface area (Å²) in [6, 6.07) is 13.2.